The van der Waals surface area contributed by atoms with Crippen molar-refractivity contribution in [3.05, 3.63) is 60.3 Å². The third kappa shape index (κ3) is 2.88. The van der Waals surface area contributed by atoms with Crippen LogP contribution in [0.5, 0.6) is 5.75 Å². The van der Waals surface area contributed by atoms with Crippen LogP contribution >= 0.6 is 0 Å². The molecule has 0 amide bonds. The number of nitrogens with one attached hydrogen (secondary N) is 1. The molecule has 0 atom stereocenters. The lowest BCUT2D eigenvalue weighted by molar-refractivity contribution is 0.414. The highest BCUT2D eigenvalue weighted by atomic mass is 16.5. The maximum absolute atomic E-state index is 5.23. The summed E-state index contributed by atoms with van der Waals surface area (Å²) in [6, 6.07) is 15.7. The molecule has 0 aliphatic rings. The van der Waals surface area contributed by atoms with Gasteiger partial charge in [0.05, 0.1) is 19.0 Å². The minimum absolute atomic E-state index is 0.639. The minimum Gasteiger partial charge on any atom is -0.497 e. The minimum atomic E-state index is 0.639. The highest BCUT2D eigenvalue weighted by Gasteiger charge is 2.03. The van der Waals surface area contributed by atoms with Crippen molar-refractivity contribution in [1.82, 2.24) is 10.2 Å². The van der Waals surface area contributed by atoms with Crippen molar-refractivity contribution in [3.63, 3.8) is 0 Å². The van der Waals surface area contributed by atoms with Gasteiger partial charge in [0.1, 0.15) is 5.75 Å². The van der Waals surface area contributed by atoms with Gasteiger partial charge in [0.2, 0.25) is 0 Å². The van der Waals surface area contributed by atoms with Crippen LogP contribution in [0.25, 0.3) is 10.8 Å². The van der Waals surface area contributed by atoms with E-state index in [4.69, 9.17) is 4.74 Å². The number of hydrazone groups is 1. The molecule has 0 radical (unpaired) electrons. The predicted octanol–water partition coefficient (Wildman–Crippen LogP) is 3.47. The lowest BCUT2D eigenvalue weighted by atomic mass is 10.1. The summed E-state index contributed by atoms with van der Waals surface area (Å²) >= 11 is 0. The molecule has 0 unspecified atom stereocenters. The smallest absolute Gasteiger partial charge is 0.176 e. The summed E-state index contributed by atoms with van der Waals surface area (Å²) in [6.45, 7) is 1.93. The number of fused-ring (bicyclic) bond motifs is 1. The second-order valence-electron chi connectivity index (χ2n) is 4.82. The van der Waals surface area contributed by atoms with Crippen molar-refractivity contribution in [1.29, 1.82) is 0 Å². The molecule has 3 aromatic rings. The van der Waals surface area contributed by atoms with Crippen molar-refractivity contribution < 1.29 is 4.74 Å². The van der Waals surface area contributed by atoms with Gasteiger partial charge in [0.25, 0.3) is 0 Å². The van der Waals surface area contributed by atoms with Gasteiger partial charge in [0.15, 0.2) is 5.82 Å². The van der Waals surface area contributed by atoms with E-state index < -0.39 is 0 Å². The monoisotopic (exact) mass is 292 g/mol. The predicted molar refractivity (Wildman–Crippen MR) is 88.4 cm³/mol. The maximum atomic E-state index is 5.23. The van der Waals surface area contributed by atoms with Gasteiger partial charge < -0.3 is 4.74 Å². The molecule has 0 aliphatic carbocycles. The van der Waals surface area contributed by atoms with Crippen molar-refractivity contribution in [3.8, 4) is 5.75 Å². The zero-order valence-electron chi connectivity index (χ0n) is 12.4. The van der Waals surface area contributed by atoms with Crippen molar-refractivity contribution in [2.75, 3.05) is 12.5 Å². The van der Waals surface area contributed by atoms with Crippen LogP contribution in [0.3, 0.4) is 0 Å². The van der Waals surface area contributed by atoms with Crippen LogP contribution in [-0.2, 0) is 0 Å². The molecule has 5 heteroatoms. The molecule has 0 aliphatic heterocycles. The van der Waals surface area contributed by atoms with E-state index >= 15 is 0 Å². The summed E-state index contributed by atoms with van der Waals surface area (Å²) in [4.78, 5) is 0. The Hall–Kier alpha value is -2.95. The van der Waals surface area contributed by atoms with E-state index in [0.29, 0.717) is 5.82 Å². The van der Waals surface area contributed by atoms with E-state index in [9.17, 15) is 0 Å². The molecule has 1 heterocycles. The number of benzene rings is 2. The number of ether oxygens (including phenoxy) is 1. The van der Waals surface area contributed by atoms with Crippen LogP contribution in [0.15, 0.2) is 59.8 Å². The van der Waals surface area contributed by atoms with Crippen LogP contribution in [0, 0.1) is 0 Å². The molecule has 110 valence electrons. The number of anilines is 1. The largest absolute Gasteiger partial charge is 0.497 e. The molecule has 1 aromatic heterocycles. The summed E-state index contributed by atoms with van der Waals surface area (Å²) in [6.07, 6.45) is 1.74. The summed E-state index contributed by atoms with van der Waals surface area (Å²) in [5.74, 6) is 1.44. The van der Waals surface area contributed by atoms with Crippen LogP contribution in [0.1, 0.15) is 12.5 Å². The second kappa shape index (κ2) is 6.22. The van der Waals surface area contributed by atoms with E-state index in [1.165, 1.54) is 0 Å². The maximum Gasteiger partial charge on any atom is 0.176 e. The molecule has 3 rings (SSSR count). The topological polar surface area (TPSA) is 59.4 Å². The highest BCUT2D eigenvalue weighted by Crippen LogP contribution is 2.19. The second-order valence-corrected chi connectivity index (χ2v) is 4.82. The van der Waals surface area contributed by atoms with Crippen LogP contribution in [0.4, 0.5) is 5.82 Å². The molecule has 0 spiro atoms. The van der Waals surface area contributed by atoms with Crippen LogP contribution in [-0.4, -0.2) is 23.0 Å². The number of nitrogens with zero attached hydrogens (tertiary/aromatic N) is 3. The summed E-state index contributed by atoms with van der Waals surface area (Å²) in [5.41, 5.74) is 4.82. The van der Waals surface area contributed by atoms with Crippen molar-refractivity contribution >= 4 is 22.3 Å². The third-order valence-corrected chi connectivity index (χ3v) is 3.39. The molecule has 2 aromatic carbocycles. The third-order valence-electron chi connectivity index (χ3n) is 3.39. The number of aromatic nitrogens is 2. The van der Waals surface area contributed by atoms with Gasteiger partial charge in [-0.25, -0.2) is 0 Å². The molecule has 1 N–H and O–H groups in total. The highest BCUT2D eigenvalue weighted by molar-refractivity contribution is 6.00. The Morgan fingerprint density at radius 2 is 2.00 bits per heavy atom. The van der Waals surface area contributed by atoms with Gasteiger partial charge in [-0.05, 0) is 19.1 Å². The first-order valence-electron chi connectivity index (χ1n) is 6.93. The molecular formula is C17H16N4O. The van der Waals surface area contributed by atoms with Gasteiger partial charge in [-0.3, -0.25) is 5.43 Å². The van der Waals surface area contributed by atoms with E-state index in [-0.39, 0.29) is 0 Å². The molecule has 0 bridgehead atoms. The Morgan fingerprint density at radius 1 is 1.14 bits per heavy atom. The van der Waals surface area contributed by atoms with Crippen molar-refractivity contribution in [2.24, 2.45) is 5.10 Å². The fourth-order valence-corrected chi connectivity index (χ4v) is 2.16. The Labute approximate surface area is 128 Å². The Kier molecular flexibility index (Phi) is 3.96. The van der Waals surface area contributed by atoms with Gasteiger partial charge >= 0.3 is 0 Å². The molecule has 0 fully saturated rings. The quantitative estimate of drug-likeness (QED) is 0.591. The number of rotatable bonds is 4. The van der Waals surface area contributed by atoms with E-state index in [2.05, 4.69) is 20.7 Å². The molecule has 5 nitrogen and oxygen atoms in total. The van der Waals surface area contributed by atoms with Crippen LogP contribution in [0.2, 0.25) is 0 Å². The van der Waals surface area contributed by atoms with E-state index in [1.807, 2.05) is 55.5 Å². The first kappa shape index (κ1) is 14.0. The van der Waals surface area contributed by atoms with Gasteiger partial charge in [-0.2, -0.15) is 10.2 Å². The lowest BCUT2D eigenvalue weighted by Gasteiger charge is -2.06. The Balaban J connectivity index is 1.88. The SMILES string of the molecule is COc1cccc(/C(C)=N\Nc2nncc3ccccc23)c1. The standard InChI is InChI=1S/C17H16N4O/c1-12(13-7-5-8-15(10-13)22-2)19-21-17-16-9-4-3-6-14(16)11-18-20-17/h3-11H,1-2H3,(H,20,21)/b19-12-. The normalized spacial score (nSPS) is 11.5. The van der Waals surface area contributed by atoms with E-state index in [0.717, 1.165) is 27.8 Å². The molecular weight excluding hydrogens is 276 g/mol. The fourth-order valence-electron chi connectivity index (χ4n) is 2.16. The molecule has 0 saturated heterocycles. The van der Waals surface area contributed by atoms with E-state index in [1.54, 1.807) is 13.3 Å². The lowest BCUT2D eigenvalue weighted by Crippen LogP contribution is -2.02. The summed E-state index contributed by atoms with van der Waals surface area (Å²) in [7, 11) is 1.65. The number of hydrogen-bond donors (Lipinski definition) is 1. The average molecular weight is 292 g/mol. The number of methoxy groups -OCH3 is 1. The van der Waals surface area contributed by atoms with Crippen molar-refractivity contribution in [2.45, 2.75) is 6.92 Å². The molecule has 0 saturated carbocycles. The van der Waals surface area contributed by atoms with Crippen LogP contribution < -0.4 is 10.2 Å². The summed E-state index contributed by atoms with van der Waals surface area (Å²) in [5, 5.41) is 14.5. The fraction of sp³-hybridized carbons (Fsp3) is 0.118. The summed E-state index contributed by atoms with van der Waals surface area (Å²) < 4.78 is 5.23. The zero-order valence-corrected chi connectivity index (χ0v) is 12.4. The molecule has 22 heavy (non-hydrogen) atoms. The number of hydrogen-bond acceptors (Lipinski definition) is 5. The Bertz CT molecular complexity index is 824. The average Bonchev–Trinajstić information content (AvgIpc) is 2.59. The van der Waals surface area contributed by atoms with Gasteiger partial charge in [-0.15, -0.1) is 5.10 Å². The Morgan fingerprint density at radius 3 is 2.86 bits per heavy atom. The van der Waals surface area contributed by atoms with Gasteiger partial charge in [0, 0.05) is 16.3 Å². The van der Waals surface area contributed by atoms with Gasteiger partial charge in [-0.1, -0.05) is 36.4 Å². The zero-order chi connectivity index (χ0) is 15.4. The first-order valence-corrected chi connectivity index (χ1v) is 6.93. The first-order chi connectivity index (χ1) is 10.8.